The third kappa shape index (κ3) is 4.01. The number of hydrogen-bond donors (Lipinski definition) is 2. The number of aliphatic imine (C=N–C) groups is 2. The summed E-state index contributed by atoms with van der Waals surface area (Å²) >= 11 is 0. The zero-order valence-corrected chi connectivity index (χ0v) is 19.8. The molecule has 0 aliphatic carbocycles. The van der Waals surface area contributed by atoms with Crippen LogP contribution < -0.4 is 10.6 Å². The van der Waals surface area contributed by atoms with Crippen LogP contribution >= 0.6 is 0 Å². The van der Waals surface area contributed by atoms with Crippen LogP contribution in [0.25, 0.3) is 11.0 Å². The number of rotatable bonds is 4. The Labute approximate surface area is 207 Å². The fraction of sp³-hybridized carbons (Fsp3) is 0.320. The summed E-state index contributed by atoms with van der Waals surface area (Å²) in [6.45, 7) is 3.89. The Bertz CT molecular complexity index is 1390. The van der Waals surface area contributed by atoms with Gasteiger partial charge in [0.1, 0.15) is 35.4 Å². The quantitative estimate of drug-likeness (QED) is 0.576. The molecule has 36 heavy (non-hydrogen) atoms. The number of nitrogens with zero attached hydrogens (tertiary/aromatic N) is 8. The average molecular weight is 488 g/mol. The van der Waals surface area contributed by atoms with Crippen LogP contribution in [-0.4, -0.2) is 82.3 Å². The number of benzene rings is 2. The second kappa shape index (κ2) is 8.83. The number of phenolic OH excluding ortho intramolecular Hbond substituents is 1. The Morgan fingerprint density at radius 3 is 2.56 bits per heavy atom. The molecule has 3 N–H and O–H groups in total. The number of hydrogen-bond acceptors (Lipinski definition) is 10. The summed E-state index contributed by atoms with van der Waals surface area (Å²) in [5.41, 5.74) is 9.62. The van der Waals surface area contributed by atoms with Gasteiger partial charge in [-0.05, 0) is 31.3 Å². The summed E-state index contributed by atoms with van der Waals surface area (Å²) in [4.78, 5) is 23.2. The molecule has 3 aliphatic heterocycles. The molecular formula is C25H26FN9O. The van der Waals surface area contributed by atoms with E-state index in [0.717, 1.165) is 54.8 Å². The maximum atomic E-state index is 14.1. The second-order valence-electron chi connectivity index (χ2n) is 9.26. The summed E-state index contributed by atoms with van der Waals surface area (Å²) in [6, 6.07) is 11.7. The van der Waals surface area contributed by atoms with E-state index in [1.165, 1.54) is 18.5 Å². The molecule has 2 atom stereocenters. The number of likely N-dealkylation sites (N-methyl/N-ethyl adjacent to an activating group) is 1. The van der Waals surface area contributed by atoms with Crippen molar-refractivity contribution in [3.63, 3.8) is 0 Å². The van der Waals surface area contributed by atoms with Gasteiger partial charge < -0.3 is 20.6 Å². The molecule has 3 aromatic rings. The zero-order valence-electron chi connectivity index (χ0n) is 19.8. The van der Waals surface area contributed by atoms with E-state index in [4.69, 9.17) is 20.8 Å². The van der Waals surface area contributed by atoms with Gasteiger partial charge in [0.2, 0.25) is 0 Å². The van der Waals surface area contributed by atoms with Gasteiger partial charge in [0.25, 0.3) is 0 Å². The Hall–Kier alpha value is -4.12. The zero-order chi connectivity index (χ0) is 24.8. The van der Waals surface area contributed by atoms with Crippen molar-refractivity contribution >= 4 is 34.7 Å². The molecule has 1 aromatic heterocycles. The van der Waals surface area contributed by atoms with Crippen LogP contribution in [0.15, 0.2) is 57.6 Å². The number of phenols is 1. The molecule has 6 rings (SSSR count). The van der Waals surface area contributed by atoms with Gasteiger partial charge in [-0.15, -0.1) is 0 Å². The van der Waals surface area contributed by atoms with Gasteiger partial charge >= 0.3 is 0 Å². The van der Waals surface area contributed by atoms with Crippen molar-refractivity contribution in [2.24, 2.45) is 26.7 Å². The number of halogens is 1. The predicted octanol–water partition coefficient (Wildman–Crippen LogP) is 1.79. The first-order chi connectivity index (χ1) is 17.5. The number of anilines is 1. The first kappa shape index (κ1) is 22.4. The Morgan fingerprint density at radius 2 is 1.81 bits per heavy atom. The molecule has 11 heteroatoms. The van der Waals surface area contributed by atoms with Gasteiger partial charge in [-0.25, -0.2) is 24.3 Å². The van der Waals surface area contributed by atoms with E-state index in [-0.39, 0.29) is 5.75 Å². The fourth-order valence-electron chi connectivity index (χ4n) is 4.92. The number of fused-ring (bicyclic) bond motifs is 2. The molecule has 1 saturated heterocycles. The van der Waals surface area contributed by atoms with Gasteiger partial charge in [0.15, 0.2) is 12.0 Å². The first-order valence-electron chi connectivity index (χ1n) is 11.9. The number of para-hydroxylation sites is 2. The molecule has 0 spiro atoms. The van der Waals surface area contributed by atoms with Crippen molar-refractivity contribution in [3.05, 3.63) is 59.5 Å². The lowest BCUT2D eigenvalue weighted by molar-refractivity contribution is 0.211. The minimum Gasteiger partial charge on any atom is -0.508 e. The number of amidine groups is 1. The average Bonchev–Trinajstić information content (AvgIpc) is 3.23. The molecule has 0 amide bonds. The minimum absolute atomic E-state index is 0.185. The summed E-state index contributed by atoms with van der Waals surface area (Å²) in [5.74, 6) is -0.0574. The van der Waals surface area contributed by atoms with Gasteiger partial charge in [-0.2, -0.15) is 5.10 Å². The number of nitrogens with two attached hydrogens (primary N) is 1. The van der Waals surface area contributed by atoms with E-state index < -0.39 is 17.9 Å². The topological polar surface area (TPSA) is 119 Å². The Morgan fingerprint density at radius 1 is 1.06 bits per heavy atom. The molecule has 3 aliphatic rings. The van der Waals surface area contributed by atoms with Crippen molar-refractivity contribution in [1.82, 2.24) is 19.9 Å². The smallest absolute Gasteiger partial charge is 0.154 e. The predicted molar refractivity (Wildman–Crippen MR) is 137 cm³/mol. The lowest BCUT2D eigenvalue weighted by atomic mass is 9.93. The van der Waals surface area contributed by atoms with Crippen LogP contribution in [0.1, 0.15) is 11.3 Å². The molecule has 10 nitrogen and oxygen atoms in total. The molecule has 184 valence electrons. The molecule has 1 fully saturated rings. The van der Waals surface area contributed by atoms with Crippen LogP contribution in [0, 0.1) is 11.7 Å². The van der Waals surface area contributed by atoms with Crippen molar-refractivity contribution in [2.75, 3.05) is 38.1 Å². The van der Waals surface area contributed by atoms with E-state index in [9.17, 15) is 9.50 Å². The summed E-state index contributed by atoms with van der Waals surface area (Å²) < 4.78 is 14.1. The molecule has 0 saturated carbocycles. The number of piperazine rings is 1. The van der Waals surface area contributed by atoms with E-state index in [1.807, 2.05) is 24.3 Å². The fourth-order valence-corrected chi connectivity index (χ4v) is 4.92. The highest BCUT2D eigenvalue weighted by molar-refractivity contribution is 6.17. The maximum absolute atomic E-state index is 14.1. The summed E-state index contributed by atoms with van der Waals surface area (Å²) in [7, 11) is 2.11. The van der Waals surface area contributed by atoms with Crippen LogP contribution in [0.4, 0.5) is 10.2 Å². The Balaban J connectivity index is 1.41. The SMILES string of the molecule is CN1CCN(c2nc3ccccc3nc2CN2N=C(c3cc(O)cc(F)c3)C3C(N)=NC=NC32)CC1. The molecule has 2 aromatic carbocycles. The maximum Gasteiger partial charge on any atom is 0.154 e. The van der Waals surface area contributed by atoms with Crippen molar-refractivity contribution in [1.29, 1.82) is 0 Å². The van der Waals surface area contributed by atoms with E-state index in [1.54, 1.807) is 5.01 Å². The highest BCUT2D eigenvalue weighted by Crippen LogP contribution is 2.33. The molecule has 4 heterocycles. The third-order valence-electron chi connectivity index (χ3n) is 6.79. The van der Waals surface area contributed by atoms with Crippen molar-refractivity contribution < 1.29 is 9.50 Å². The first-order valence-corrected chi connectivity index (χ1v) is 11.9. The number of aromatic hydroxyl groups is 1. The monoisotopic (exact) mass is 487 g/mol. The van der Waals surface area contributed by atoms with Gasteiger partial charge in [-0.1, -0.05) is 12.1 Å². The van der Waals surface area contributed by atoms with Crippen LogP contribution in [0.3, 0.4) is 0 Å². The van der Waals surface area contributed by atoms with Gasteiger partial charge in [-0.3, -0.25) is 5.01 Å². The summed E-state index contributed by atoms with van der Waals surface area (Å²) in [5, 5.41) is 16.6. The Kier molecular flexibility index (Phi) is 5.48. The highest BCUT2D eigenvalue weighted by atomic mass is 19.1. The largest absolute Gasteiger partial charge is 0.508 e. The lowest BCUT2D eigenvalue weighted by Gasteiger charge is -2.34. The van der Waals surface area contributed by atoms with Crippen LogP contribution in [0.2, 0.25) is 0 Å². The standard InChI is InChI=1S/C25H26FN9O/c1-33-6-8-34(9-7-33)24-20(30-18-4-2-3-5-19(18)31-24)13-35-25-21(23(27)28-14-29-25)22(32-35)15-10-16(26)12-17(36)11-15/h2-5,10-12,14,21,25,36H,6-9,13H2,1H3,(H2,27,28,29). The number of aromatic nitrogens is 2. The van der Waals surface area contributed by atoms with Crippen molar-refractivity contribution in [3.8, 4) is 5.75 Å². The van der Waals surface area contributed by atoms with E-state index in [2.05, 4.69) is 26.8 Å². The van der Waals surface area contributed by atoms with Crippen LogP contribution in [0.5, 0.6) is 5.75 Å². The minimum atomic E-state index is -0.560. The summed E-state index contributed by atoms with van der Waals surface area (Å²) in [6.07, 6.45) is 0.967. The highest BCUT2D eigenvalue weighted by Gasteiger charge is 2.42. The van der Waals surface area contributed by atoms with E-state index in [0.29, 0.717) is 23.7 Å². The molecule has 2 unspecified atom stereocenters. The lowest BCUT2D eigenvalue weighted by Crippen LogP contribution is -2.45. The third-order valence-corrected chi connectivity index (χ3v) is 6.79. The normalized spacial score (nSPS) is 22.1. The van der Waals surface area contributed by atoms with Gasteiger partial charge in [0.05, 0.1) is 23.3 Å². The molecule has 0 radical (unpaired) electrons. The molecule has 0 bridgehead atoms. The molecular weight excluding hydrogens is 461 g/mol. The van der Waals surface area contributed by atoms with Crippen LogP contribution in [-0.2, 0) is 6.54 Å². The van der Waals surface area contributed by atoms with Crippen molar-refractivity contribution in [2.45, 2.75) is 12.7 Å². The van der Waals surface area contributed by atoms with E-state index >= 15 is 0 Å². The second-order valence-corrected chi connectivity index (χ2v) is 9.26. The number of hydrazone groups is 1. The van der Waals surface area contributed by atoms with Gasteiger partial charge in [0, 0.05) is 37.8 Å².